The molecule has 1 saturated heterocycles. The Morgan fingerprint density at radius 1 is 1.15 bits per heavy atom. The number of nitrogens with zero attached hydrogens (tertiary/aromatic N) is 3. The van der Waals surface area contributed by atoms with Crippen LogP contribution in [0.1, 0.15) is 45.6 Å². The monoisotopic (exact) mass is 441 g/mol. The second-order valence-electron chi connectivity index (χ2n) is 9.39. The van der Waals surface area contributed by atoms with Gasteiger partial charge in [-0.25, -0.2) is 0 Å². The van der Waals surface area contributed by atoms with Crippen molar-refractivity contribution in [1.82, 2.24) is 14.8 Å². The van der Waals surface area contributed by atoms with Crippen LogP contribution in [0.25, 0.3) is 10.9 Å². The number of carbonyl (C=O) groups excluding carboxylic acids is 1. The van der Waals surface area contributed by atoms with Crippen LogP contribution in [0.15, 0.2) is 36.4 Å². The fourth-order valence-corrected chi connectivity index (χ4v) is 4.77. The van der Waals surface area contributed by atoms with Crippen molar-refractivity contribution in [3.8, 4) is 6.07 Å². The van der Waals surface area contributed by atoms with Gasteiger partial charge in [0.1, 0.15) is 0 Å². The van der Waals surface area contributed by atoms with Crippen molar-refractivity contribution in [1.29, 1.82) is 5.26 Å². The van der Waals surface area contributed by atoms with Crippen molar-refractivity contribution in [3.05, 3.63) is 64.3 Å². The molecule has 1 aromatic heterocycles. The minimum atomic E-state index is 0.104. The molecule has 5 rings (SSSR count). The number of rotatable bonds is 6. The Morgan fingerprint density at radius 2 is 1.88 bits per heavy atom. The van der Waals surface area contributed by atoms with Gasteiger partial charge in [0, 0.05) is 55.9 Å². The molecule has 33 heavy (non-hydrogen) atoms. The number of amides is 1. The van der Waals surface area contributed by atoms with Gasteiger partial charge in [0.15, 0.2) is 0 Å². The summed E-state index contributed by atoms with van der Waals surface area (Å²) in [4.78, 5) is 15.3. The summed E-state index contributed by atoms with van der Waals surface area (Å²) >= 11 is 0. The van der Waals surface area contributed by atoms with Crippen LogP contribution in [0.4, 0.5) is 5.69 Å². The van der Waals surface area contributed by atoms with E-state index < -0.39 is 0 Å². The highest BCUT2D eigenvalue weighted by molar-refractivity contribution is 6.04. The van der Waals surface area contributed by atoms with Gasteiger partial charge >= 0.3 is 0 Å². The lowest BCUT2D eigenvalue weighted by atomic mass is 10.1. The van der Waals surface area contributed by atoms with Gasteiger partial charge in [-0.3, -0.25) is 4.79 Å². The topological polar surface area (TPSA) is 73.1 Å². The first kappa shape index (κ1) is 21.5. The van der Waals surface area contributed by atoms with Crippen LogP contribution in [-0.4, -0.2) is 41.6 Å². The van der Waals surface area contributed by atoms with Gasteiger partial charge in [-0.2, -0.15) is 5.26 Å². The van der Waals surface area contributed by atoms with Gasteiger partial charge in [0.05, 0.1) is 22.8 Å². The second-order valence-corrected chi connectivity index (χ2v) is 9.39. The van der Waals surface area contributed by atoms with E-state index in [9.17, 15) is 4.79 Å². The van der Waals surface area contributed by atoms with E-state index in [1.54, 1.807) is 0 Å². The van der Waals surface area contributed by atoms with Crippen molar-refractivity contribution in [3.63, 3.8) is 0 Å². The minimum absolute atomic E-state index is 0.104. The van der Waals surface area contributed by atoms with Gasteiger partial charge in [0.2, 0.25) is 0 Å². The summed E-state index contributed by atoms with van der Waals surface area (Å²) in [5.74, 6) is 0.860. The molecule has 0 radical (unpaired) electrons. The van der Waals surface area contributed by atoms with Gasteiger partial charge < -0.3 is 20.1 Å². The van der Waals surface area contributed by atoms with Crippen LogP contribution in [0, 0.1) is 31.1 Å². The van der Waals surface area contributed by atoms with E-state index in [0.29, 0.717) is 12.1 Å². The fourth-order valence-electron chi connectivity index (χ4n) is 4.77. The Labute approximate surface area is 195 Å². The fraction of sp³-hybridized carbons (Fsp3) is 0.407. The Morgan fingerprint density at radius 3 is 2.55 bits per heavy atom. The van der Waals surface area contributed by atoms with Crippen LogP contribution in [0.5, 0.6) is 0 Å². The summed E-state index contributed by atoms with van der Waals surface area (Å²) in [5, 5.41) is 17.2. The number of hydrogen-bond acceptors (Lipinski definition) is 4. The summed E-state index contributed by atoms with van der Waals surface area (Å²) in [6.07, 6.45) is 2.59. The zero-order valence-electron chi connectivity index (χ0n) is 19.4. The number of nitriles is 1. The molecule has 6 nitrogen and oxygen atoms in total. The Hall–Kier alpha value is -3.30. The lowest BCUT2D eigenvalue weighted by Gasteiger charge is -2.27. The zero-order valence-corrected chi connectivity index (χ0v) is 19.4. The maximum atomic E-state index is 13.4. The number of fused-ring (bicyclic) bond motifs is 1. The molecular weight excluding hydrogens is 410 g/mol. The van der Waals surface area contributed by atoms with Crippen LogP contribution in [0.2, 0.25) is 0 Å². The average Bonchev–Trinajstić information content (AvgIpc) is 3.65. The molecule has 2 heterocycles. The number of anilines is 1. The smallest absolute Gasteiger partial charge is 0.254 e. The average molecular weight is 442 g/mol. The lowest BCUT2D eigenvalue weighted by molar-refractivity contribution is 0.0736. The van der Waals surface area contributed by atoms with Crippen molar-refractivity contribution in [2.24, 2.45) is 5.92 Å². The summed E-state index contributed by atoms with van der Waals surface area (Å²) in [7, 11) is 0. The van der Waals surface area contributed by atoms with Crippen molar-refractivity contribution in [2.75, 3.05) is 31.5 Å². The first-order chi connectivity index (χ1) is 16.0. The molecule has 2 aromatic carbocycles. The molecule has 2 aliphatic rings. The number of aryl methyl sites for hydroxylation is 1. The third-order valence-electron chi connectivity index (χ3n) is 7.09. The molecule has 0 bridgehead atoms. The predicted octanol–water partition coefficient (Wildman–Crippen LogP) is 4.20. The van der Waals surface area contributed by atoms with Gasteiger partial charge in [0.25, 0.3) is 5.91 Å². The normalized spacial score (nSPS) is 16.1. The molecule has 0 atom stereocenters. The third-order valence-corrected chi connectivity index (χ3v) is 7.09. The molecule has 1 amide bonds. The van der Waals surface area contributed by atoms with E-state index in [0.717, 1.165) is 60.8 Å². The van der Waals surface area contributed by atoms with E-state index in [2.05, 4.69) is 41.2 Å². The van der Waals surface area contributed by atoms with Crippen molar-refractivity contribution >= 4 is 22.5 Å². The van der Waals surface area contributed by atoms with E-state index in [1.807, 2.05) is 35.2 Å². The molecule has 1 aliphatic heterocycles. The second kappa shape index (κ2) is 8.92. The van der Waals surface area contributed by atoms with Gasteiger partial charge in [-0.05, 0) is 68.0 Å². The quantitative estimate of drug-likeness (QED) is 0.601. The van der Waals surface area contributed by atoms with Crippen molar-refractivity contribution < 1.29 is 4.79 Å². The lowest BCUT2D eigenvalue weighted by Crippen LogP contribution is -2.46. The van der Waals surface area contributed by atoms with E-state index in [1.165, 1.54) is 29.6 Å². The number of piperazine rings is 1. The van der Waals surface area contributed by atoms with Crippen LogP contribution < -0.4 is 10.6 Å². The zero-order chi connectivity index (χ0) is 22.9. The molecule has 1 saturated carbocycles. The van der Waals surface area contributed by atoms with Gasteiger partial charge in [-0.1, -0.05) is 12.1 Å². The van der Waals surface area contributed by atoms with Crippen LogP contribution in [0.3, 0.4) is 0 Å². The molecular formula is C27H31N5O. The Kier molecular flexibility index (Phi) is 5.82. The molecule has 0 spiro atoms. The molecule has 2 N–H and O–H groups in total. The molecule has 3 aromatic rings. The maximum absolute atomic E-state index is 13.4. The predicted molar refractivity (Wildman–Crippen MR) is 131 cm³/mol. The summed E-state index contributed by atoms with van der Waals surface area (Å²) < 4.78 is 2.45. The number of carbonyl (C=O) groups is 1. The minimum Gasteiger partial charge on any atom is -0.379 e. The summed E-state index contributed by atoms with van der Waals surface area (Å²) in [6, 6.07) is 14.0. The largest absolute Gasteiger partial charge is 0.379 e. The standard InChI is InChI=1S/C27H31N5O/c1-18-19(2)32(17-22-7-8-22)26-24(18)13-23(27(33)31-11-9-29-10-12-31)14-25(26)30-16-21-5-3-20(15-28)4-6-21/h3-6,13-14,22,29-30H,7-12,16-17H2,1-2H3. The van der Waals surface area contributed by atoms with Crippen molar-refractivity contribution in [2.45, 2.75) is 39.8 Å². The van der Waals surface area contributed by atoms with Gasteiger partial charge in [-0.15, -0.1) is 0 Å². The van der Waals surface area contributed by atoms with E-state index in [-0.39, 0.29) is 5.91 Å². The highest BCUT2D eigenvalue weighted by Gasteiger charge is 2.26. The number of nitrogens with one attached hydrogen (secondary N) is 2. The summed E-state index contributed by atoms with van der Waals surface area (Å²) in [5.41, 5.74) is 7.25. The van der Waals surface area contributed by atoms with E-state index in [4.69, 9.17) is 5.26 Å². The van der Waals surface area contributed by atoms with Crippen LogP contribution >= 0.6 is 0 Å². The number of benzene rings is 2. The highest BCUT2D eigenvalue weighted by Crippen LogP contribution is 2.38. The highest BCUT2D eigenvalue weighted by atomic mass is 16.2. The SMILES string of the molecule is Cc1c(C)n(CC2CC2)c2c(NCc3ccc(C#N)cc3)cc(C(=O)N3CCNCC3)cc12. The number of hydrogen-bond donors (Lipinski definition) is 2. The number of aromatic nitrogens is 1. The molecule has 170 valence electrons. The van der Waals surface area contributed by atoms with Crippen LogP contribution in [-0.2, 0) is 13.1 Å². The Bertz CT molecular complexity index is 1220. The first-order valence-electron chi connectivity index (χ1n) is 11.9. The molecule has 1 aliphatic carbocycles. The molecule has 6 heteroatoms. The summed E-state index contributed by atoms with van der Waals surface area (Å²) in [6.45, 7) is 9.20. The maximum Gasteiger partial charge on any atom is 0.254 e. The first-order valence-corrected chi connectivity index (χ1v) is 11.9. The molecule has 2 fully saturated rings. The molecule has 0 unspecified atom stereocenters. The Balaban J connectivity index is 1.54. The van der Waals surface area contributed by atoms with E-state index >= 15 is 0 Å². The third kappa shape index (κ3) is 4.34.